The van der Waals surface area contributed by atoms with Crippen LogP contribution in [0, 0.1) is 6.92 Å². The Morgan fingerprint density at radius 2 is 1.95 bits per heavy atom. The van der Waals surface area contributed by atoms with Crippen LogP contribution in [0.3, 0.4) is 0 Å². The zero-order valence-corrected chi connectivity index (χ0v) is 14.3. The van der Waals surface area contributed by atoms with E-state index in [0.717, 1.165) is 10.0 Å². The molecule has 0 bridgehead atoms. The zero-order chi connectivity index (χ0) is 16.2. The molecule has 0 aliphatic heterocycles. The number of carbonyl (C=O) groups excluding carboxylic acids is 1. The summed E-state index contributed by atoms with van der Waals surface area (Å²) in [5, 5.41) is 22.5. The van der Waals surface area contributed by atoms with Gasteiger partial charge in [-0.2, -0.15) is 0 Å². The number of aliphatic hydroxyl groups is 2. The van der Waals surface area contributed by atoms with Crippen molar-refractivity contribution in [2.45, 2.75) is 45.5 Å². The van der Waals surface area contributed by atoms with Crippen LogP contribution in [0.4, 0.5) is 4.79 Å². The third-order valence-corrected chi connectivity index (χ3v) is 3.08. The normalized spacial score (nSPS) is 14.4. The molecular weight excluding hydrogens is 338 g/mol. The van der Waals surface area contributed by atoms with Crippen LogP contribution in [-0.2, 0) is 4.74 Å². The van der Waals surface area contributed by atoms with Crippen molar-refractivity contribution in [2.24, 2.45) is 0 Å². The van der Waals surface area contributed by atoms with Crippen LogP contribution in [0.2, 0.25) is 0 Å². The summed E-state index contributed by atoms with van der Waals surface area (Å²) in [4.78, 5) is 11.5. The fourth-order valence-corrected chi connectivity index (χ4v) is 2.40. The molecule has 3 N–H and O–H groups in total. The van der Waals surface area contributed by atoms with Gasteiger partial charge in [0.1, 0.15) is 17.8 Å². The van der Waals surface area contributed by atoms with Gasteiger partial charge in [0.05, 0.1) is 0 Å². The van der Waals surface area contributed by atoms with Crippen molar-refractivity contribution < 1.29 is 19.7 Å². The lowest BCUT2D eigenvalue weighted by Gasteiger charge is -2.22. The number of amides is 1. The van der Waals surface area contributed by atoms with Gasteiger partial charge in [0, 0.05) is 11.0 Å². The Balaban J connectivity index is 2.58. The van der Waals surface area contributed by atoms with Gasteiger partial charge in [0.25, 0.3) is 0 Å². The molecule has 2 atom stereocenters. The zero-order valence-electron chi connectivity index (χ0n) is 12.7. The monoisotopic (exact) mass is 359 g/mol. The average Bonchev–Trinajstić information content (AvgIpc) is 2.31. The smallest absolute Gasteiger partial charge is 0.407 e. The van der Waals surface area contributed by atoms with E-state index in [-0.39, 0.29) is 6.54 Å². The molecule has 0 saturated carbocycles. The van der Waals surface area contributed by atoms with Crippen molar-refractivity contribution >= 4 is 22.0 Å². The van der Waals surface area contributed by atoms with E-state index in [4.69, 9.17) is 4.74 Å². The molecule has 0 spiro atoms. The highest BCUT2D eigenvalue weighted by atomic mass is 79.9. The second kappa shape index (κ2) is 7.24. The molecule has 0 aromatic heterocycles. The number of nitrogens with one attached hydrogen (secondary N) is 1. The molecule has 1 aromatic carbocycles. The first-order valence-corrected chi connectivity index (χ1v) is 7.48. The number of benzene rings is 1. The second-order valence-corrected chi connectivity index (χ2v) is 6.87. The van der Waals surface area contributed by atoms with Crippen molar-refractivity contribution in [3.05, 3.63) is 33.8 Å². The van der Waals surface area contributed by atoms with Gasteiger partial charge in [-0.1, -0.05) is 22.0 Å². The van der Waals surface area contributed by atoms with Crippen molar-refractivity contribution in [3.63, 3.8) is 0 Å². The van der Waals surface area contributed by atoms with E-state index in [2.05, 4.69) is 21.2 Å². The highest BCUT2D eigenvalue weighted by molar-refractivity contribution is 9.10. The first-order valence-electron chi connectivity index (χ1n) is 6.68. The molecule has 0 fully saturated rings. The van der Waals surface area contributed by atoms with E-state index < -0.39 is 23.9 Å². The number of rotatable bonds is 4. The van der Waals surface area contributed by atoms with E-state index in [9.17, 15) is 15.0 Å². The van der Waals surface area contributed by atoms with Gasteiger partial charge >= 0.3 is 6.09 Å². The Bertz CT molecular complexity index is 479. The number of halogens is 1. The third kappa shape index (κ3) is 6.46. The van der Waals surface area contributed by atoms with Crippen LogP contribution in [-0.4, -0.2) is 34.6 Å². The maximum Gasteiger partial charge on any atom is 0.407 e. The fraction of sp³-hybridized carbons (Fsp3) is 0.533. The van der Waals surface area contributed by atoms with E-state index in [0.29, 0.717) is 5.56 Å². The maximum atomic E-state index is 11.5. The van der Waals surface area contributed by atoms with Crippen molar-refractivity contribution in [1.29, 1.82) is 0 Å². The molecule has 0 aliphatic carbocycles. The quantitative estimate of drug-likeness (QED) is 0.772. The predicted molar refractivity (Wildman–Crippen MR) is 84.1 cm³/mol. The minimum absolute atomic E-state index is 0.0956. The van der Waals surface area contributed by atoms with Crippen LogP contribution in [0.15, 0.2) is 22.7 Å². The molecule has 1 rings (SSSR count). The number of hydrogen-bond acceptors (Lipinski definition) is 4. The molecule has 0 radical (unpaired) electrons. The molecule has 0 aliphatic rings. The molecular formula is C15H22BrNO4. The SMILES string of the molecule is Cc1cc(Br)cc(C(O)C(O)CNC(=O)OC(C)(C)C)c1. The first kappa shape index (κ1) is 17.9. The van der Waals surface area contributed by atoms with Gasteiger partial charge in [0.15, 0.2) is 0 Å². The minimum Gasteiger partial charge on any atom is -0.444 e. The standard InChI is InChI=1S/C15H22BrNO4/c1-9-5-10(7-11(16)6-9)13(19)12(18)8-17-14(20)21-15(2,3)4/h5-7,12-13,18-19H,8H2,1-4H3,(H,17,20). The van der Waals surface area contributed by atoms with Gasteiger partial charge in [-0.3, -0.25) is 0 Å². The Kier molecular flexibility index (Phi) is 6.19. The highest BCUT2D eigenvalue weighted by Gasteiger charge is 2.21. The summed E-state index contributed by atoms with van der Waals surface area (Å²) in [5.74, 6) is 0. The Hall–Kier alpha value is -1.11. The number of aryl methyl sites for hydroxylation is 1. The Morgan fingerprint density at radius 3 is 2.48 bits per heavy atom. The van der Waals surface area contributed by atoms with Crippen molar-refractivity contribution in [2.75, 3.05) is 6.54 Å². The third-order valence-electron chi connectivity index (χ3n) is 2.62. The van der Waals surface area contributed by atoms with Crippen LogP contribution in [0.25, 0.3) is 0 Å². The summed E-state index contributed by atoms with van der Waals surface area (Å²) in [7, 11) is 0. The molecule has 5 nitrogen and oxygen atoms in total. The summed E-state index contributed by atoms with van der Waals surface area (Å²) in [6.45, 7) is 7.06. The summed E-state index contributed by atoms with van der Waals surface area (Å²) >= 11 is 3.34. The number of hydrogen-bond donors (Lipinski definition) is 3. The van der Waals surface area contributed by atoms with Gasteiger partial charge in [0.2, 0.25) is 0 Å². The Morgan fingerprint density at radius 1 is 1.33 bits per heavy atom. The molecule has 2 unspecified atom stereocenters. The van der Waals surface area contributed by atoms with Gasteiger partial charge in [-0.05, 0) is 51.0 Å². The lowest BCUT2D eigenvalue weighted by Crippen LogP contribution is -2.38. The average molecular weight is 360 g/mol. The van der Waals surface area contributed by atoms with E-state index in [1.807, 2.05) is 13.0 Å². The number of carbonyl (C=O) groups is 1. The fourth-order valence-electron chi connectivity index (χ4n) is 1.77. The lowest BCUT2D eigenvalue weighted by atomic mass is 10.0. The topological polar surface area (TPSA) is 78.8 Å². The van der Waals surface area contributed by atoms with Gasteiger partial charge < -0.3 is 20.3 Å². The predicted octanol–water partition coefficient (Wildman–Crippen LogP) is 2.68. The molecule has 0 heterocycles. The molecule has 1 amide bonds. The van der Waals surface area contributed by atoms with E-state index in [1.54, 1.807) is 32.9 Å². The molecule has 1 aromatic rings. The summed E-state index contributed by atoms with van der Waals surface area (Å²) in [5.41, 5.74) is 0.945. The van der Waals surface area contributed by atoms with Crippen molar-refractivity contribution in [1.82, 2.24) is 5.32 Å². The number of aliphatic hydroxyl groups excluding tert-OH is 2. The van der Waals surface area contributed by atoms with E-state index >= 15 is 0 Å². The van der Waals surface area contributed by atoms with E-state index in [1.165, 1.54) is 0 Å². The largest absolute Gasteiger partial charge is 0.444 e. The van der Waals surface area contributed by atoms with Crippen LogP contribution in [0.1, 0.15) is 38.0 Å². The number of alkyl carbamates (subject to hydrolysis) is 1. The van der Waals surface area contributed by atoms with Crippen LogP contribution >= 0.6 is 15.9 Å². The lowest BCUT2D eigenvalue weighted by molar-refractivity contribution is 0.0129. The van der Waals surface area contributed by atoms with Crippen molar-refractivity contribution in [3.8, 4) is 0 Å². The summed E-state index contributed by atoms with van der Waals surface area (Å²) in [6, 6.07) is 5.42. The minimum atomic E-state index is -1.12. The Labute approximate surface area is 133 Å². The first-order chi connectivity index (χ1) is 9.58. The van der Waals surface area contributed by atoms with Gasteiger partial charge in [-0.15, -0.1) is 0 Å². The summed E-state index contributed by atoms with van der Waals surface area (Å²) < 4.78 is 5.88. The molecule has 118 valence electrons. The molecule has 0 saturated heterocycles. The number of ether oxygens (including phenoxy) is 1. The maximum absolute atomic E-state index is 11.5. The highest BCUT2D eigenvalue weighted by Crippen LogP contribution is 2.22. The molecule has 6 heteroatoms. The van der Waals surface area contributed by atoms with Crippen LogP contribution in [0.5, 0.6) is 0 Å². The van der Waals surface area contributed by atoms with Crippen LogP contribution < -0.4 is 5.32 Å². The van der Waals surface area contributed by atoms with Gasteiger partial charge in [-0.25, -0.2) is 4.79 Å². The molecule has 21 heavy (non-hydrogen) atoms. The second-order valence-electron chi connectivity index (χ2n) is 5.96. The summed E-state index contributed by atoms with van der Waals surface area (Å²) in [6.07, 6.45) is -2.83.